The summed E-state index contributed by atoms with van der Waals surface area (Å²) in [5.74, 6) is 0.679. The molecule has 1 aliphatic rings. The summed E-state index contributed by atoms with van der Waals surface area (Å²) in [6.45, 7) is 0. The fourth-order valence-corrected chi connectivity index (χ4v) is 5.10. The van der Waals surface area contributed by atoms with E-state index in [1.165, 1.54) is 22.6 Å². The Morgan fingerprint density at radius 3 is 2.63 bits per heavy atom. The van der Waals surface area contributed by atoms with Crippen molar-refractivity contribution >= 4 is 23.1 Å². The van der Waals surface area contributed by atoms with Crippen molar-refractivity contribution in [3.63, 3.8) is 0 Å². The van der Waals surface area contributed by atoms with Gasteiger partial charge < -0.3 is 5.73 Å². The molecule has 3 heteroatoms. The SMILES string of the molecule is NC1CCC(c2ccccc2)CC1Sc1cccs1. The molecule has 0 aliphatic heterocycles. The van der Waals surface area contributed by atoms with Crippen molar-refractivity contribution in [2.75, 3.05) is 0 Å². The highest BCUT2D eigenvalue weighted by Gasteiger charge is 2.29. The van der Waals surface area contributed by atoms with Crippen LogP contribution in [-0.4, -0.2) is 11.3 Å². The molecule has 1 aromatic carbocycles. The van der Waals surface area contributed by atoms with Crippen LogP contribution in [-0.2, 0) is 0 Å². The summed E-state index contributed by atoms with van der Waals surface area (Å²) >= 11 is 3.79. The quantitative estimate of drug-likeness (QED) is 0.900. The fourth-order valence-electron chi connectivity index (χ4n) is 2.80. The molecule has 1 heterocycles. The topological polar surface area (TPSA) is 26.0 Å². The van der Waals surface area contributed by atoms with Crippen LogP contribution < -0.4 is 5.73 Å². The Hall–Kier alpha value is -0.770. The second-order valence-electron chi connectivity index (χ2n) is 5.17. The van der Waals surface area contributed by atoms with Crippen LogP contribution in [0.4, 0.5) is 0 Å². The molecule has 0 bridgehead atoms. The van der Waals surface area contributed by atoms with E-state index in [2.05, 4.69) is 47.8 Å². The molecule has 19 heavy (non-hydrogen) atoms. The van der Waals surface area contributed by atoms with Gasteiger partial charge in [-0.15, -0.1) is 23.1 Å². The van der Waals surface area contributed by atoms with Crippen molar-refractivity contribution < 1.29 is 0 Å². The number of thiophene rings is 1. The predicted molar refractivity (Wildman–Crippen MR) is 85.0 cm³/mol. The summed E-state index contributed by atoms with van der Waals surface area (Å²) in [7, 11) is 0. The van der Waals surface area contributed by atoms with Gasteiger partial charge in [-0.25, -0.2) is 0 Å². The number of hydrogen-bond acceptors (Lipinski definition) is 3. The number of thioether (sulfide) groups is 1. The second kappa shape index (κ2) is 6.12. The summed E-state index contributed by atoms with van der Waals surface area (Å²) in [6.07, 6.45) is 3.57. The summed E-state index contributed by atoms with van der Waals surface area (Å²) < 4.78 is 1.40. The zero-order valence-electron chi connectivity index (χ0n) is 10.9. The minimum absolute atomic E-state index is 0.340. The highest BCUT2D eigenvalue weighted by atomic mass is 32.2. The average molecular weight is 289 g/mol. The van der Waals surface area contributed by atoms with E-state index in [1.807, 2.05) is 23.1 Å². The third-order valence-corrected chi connectivity index (χ3v) is 6.33. The monoisotopic (exact) mass is 289 g/mol. The molecular weight excluding hydrogens is 270 g/mol. The maximum Gasteiger partial charge on any atom is 0.0601 e. The molecule has 1 nitrogen and oxygen atoms in total. The molecule has 0 saturated heterocycles. The van der Waals surface area contributed by atoms with Crippen LogP contribution in [0, 0.1) is 0 Å². The molecular formula is C16H19NS2. The summed E-state index contributed by atoms with van der Waals surface area (Å²) in [5.41, 5.74) is 7.80. The van der Waals surface area contributed by atoms with E-state index in [1.54, 1.807) is 0 Å². The Labute approximate surface area is 123 Å². The van der Waals surface area contributed by atoms with Gasteiger partial charge in [-0.2, -0.15) is 0 Å². The summed E-state index contributed by atoms with van der Waals surface area (Å²) in [6, 6.07) is 15.6. The zero-order valence-corrected chi connectivity index (χ0v) is 12.5. The van der Waals surface area contributed by atoms with Crippen LogP contribution in [0.2, 0.25) is 0 Å². The van der Waals surface area contributed by atoms with E-state index in [4.69, 9.17) is 5.73 Å². The second-order valence-corrected chi connectivity index (χ2v) is 7.66. The van der Waals surface area contributed by atoms with Crippen LogP contribution in [0.1, 0.15) is 30.7 Å². The molecule has 3 rings (SSSR count). The van der Waals surface area contributed by atoms with Gasteiger partial charge in [0, 0.05) is 11.3 Å². The number of rotatable bonds is 3. The highest BCUT2D eigenvalue weighted by Crippen LogP contribution is 2.41. The molecule has 1 aliphatic carbocycles. The largest absolute Gasteiger partial charge is 0.327 e. The lowest BCUT2D eigenvalue weighted by Crippen LogP contribution is -2.37. The Balaban J connectivity index is 1.70. The summed E-state index contributed by atoms with van der Waals surface area (Å²) in [5, 5.41) is 2.70. The first-order valence-corrected chi connectivity index (χ1v) is 8.59. The molecule has 3 atom stereocenters. The standard InChI is InChI=1S/C16H19NS2/c17-14-9-8-13(12-5-2-1-3-6-12)11-15(14)19-16-7-4-10-18-16/h1-7,10,13-15H,8-9,11,17H2. The lowest BCUT2D eigenvalue weighted by atomic mass is 9.82. The van der Waals surface area contributed by atoms with Crippen molar-refractivity contribution in [2.45, 2.75) is 40.7 Å². The molecule has 1 fully saturated rings. The molecule has 1 saturated carbocycles. The zero-order chi connectivity index (χ0) is 13.1. The lowest BCUT2D eigenvalue weighted by molar-refractivity contribution is 0.406. The Morgan fingerprint density at radius 1 is 1.05 bits per heavy atom. The number of nitrogens with two attached hydrogens (primary N) is 1. The lowest BCUT2D eigenvalue weighted by Gasteiger charge is -2.33. The molecule has 0 spiro atoms. The van der Waals surface area contributed by atoms with Crippen molar-refractivity contribution in [1.82, 2.24) is 0 Å². The number of benzene rings is 1. The minimum Gasteiger partial charge on any atom is -0.327 e. The van der Waals surface area contributed by atoms with Crippen LogP contribution >= 0.6 is 23.1 Å². The minimum atomic E-state index is 0.340. The Morgan fingerprint density at radius 2 is 1.89 bits per heavy atom. The number of hydrogen-bond donors (Lipinski definition) is 1. The van der Waals surface area contributed by atoms with Gasteiger partial charge in [0.2, 0.25) is 0 Å². The van der Waals surface area contributed by atoms with Crippen molar-refractivity contribution in [2.24, 2.45) is 5.73 Å². The predicted octanol–water partition coefficient (Wildman–Crippen LogP) is 4.50. The molecule has 1 aromatic heterocycles. The van der Waals surface area contributed by atoms with Crippen molar-refractivity contribution in [3.8, 4) is 0 Å². The first-order chi connectivity index (χ1) is 9.33. The van der Waals surface area contributed by atoms with Gasteiger partial charge in [-0.05, 0) is 42.2 Å². The normalized spacial score (nSPS) is 27.3. The van der Waals surface area contributed by atoms with Gasteiger partial charge in [-0.3, -0.25) is 0 Å². The van der Waals surface area contributed by atoms with Gasteiger partial charge in [-0.1, -0.05) is 36.4 Å². The van der Waals surface area contributed by atoms with E-state index in [9.17, 15) is 0 Å². The van der Waals surface area contributed by atoms with Gasteiger partial charge in [0.1, 0.15) is 0 Å². The third kappa shape index (κ3) is 3.22. The van der Waals surface area contributed by atoms with Gasteiger partial charge >= 0.3 is 0 Å². The summed E-state index contributed by atoms with van der Waals surface area (Å²) in [4.78, 5) is 0. The van der Waals surface area contributed by atoms with Gasteiger partial charge in [0.05, 0.1) is 4.21 Å². The smallest absolute Gasteiger partial charge is 0.0601 e. The van der Waals surface area contributed by atoms with Crippen LogP contribution in [0.5, 0.6) is 0 Å². The van der Waals surface area contributed by atoms with E-state index in [0.717, 1.165) is 6.42 Å². The van der Waals surface area contributed by atoms with E-state index in [-0.39, 0.29) is 0 Å². The molecule has 0 radical (unpaired) electrons. The molecule has 3 unspecified atom stereocenters. The molecule has 100 valence electrons. The van der Waals surface area contributed by atoms with E-state index in [0.29, 0.717) is 17.2 Å². The van der Waals surface area contributed by atoms with Crippen LogP contribution in [0.25, 0.3) is 0 Å². The highest BCUT2D eigenvalue weighted by molar-refractivity contribution is 8.01. The molecule has 2 aromatic rings. The fraction of sp³-hybridized carbons (Fsp3) is 0.375. The van der Waals surface area contributed by atoms with Crippen LogP contribution in [0.15, 0.2) is 52.1 Å². The average Bonchev–Trinajstić information content (AvgIpc) is 2.95. The Kier molecular flexibility index (Phi) is 4.26. The third-order valence-electron chi connectivity index (χ3n) is 3.88. The molecule has 2 N–H and O–H groups in total. The first-order valence-electron chi connectivity index (χ1n) is 6.83. The maximum atomic E-state index is 6.32. The van der Waals surface area contributed by atoms with Gasteiger partial charge in [0.15, 0.2) is 0 Å². The van der Waals surface area contributed by atoms with E-state index >= 15 is 0 Å². The van der Waals surface area contributed by atoms with Crippen LogP contribution in [0.3, 0.4) is 0 Å². The maximum absolute atomic E-state index is 6.32. The van der Waals surface area contributed by atoms with Gasteiger partial charge in [0.25, 0.3) is 0 Å². The Bertz CT molecular complexity index is 495. The van der Waals surface area contributed by atoms with Crippen molar-refractivity contribution in [1.29, 1.82) is 0 Å². The first kappa shape index (κ1) is 13.2. The molecule has 0 amide bonds. The van der Waals surface area contributed by atoms with Crippen molar-refractivity contribution in [3.05, 3.63) is 53.4 Å². The van der Waals surface area contributed by atoms with E-state index < -0.39 is 0 Å².